The molecule has 0 aromatic carbocycles. The fourth-order valence-electron chi connectivity index (χ4n) is 1.50. The number of carbonyl (C=O) groups is 3. The highest BCUT2D eigenvalue weighted by atomic mass is 16.6. The number of hydrogen-bond acceptors (Lipinski definition) is 7. The number of ether oxygens (including phenoxy) is 4. The van der Waals surface area contributed by atoms with Gasteiger partial charge in [0.05, 0.1) is 26.4 Å². The lowest BCUT2D eigenvalue weighted by molar-refractivity contribution is -0.143. The van der Waals surface area contributed by atoms with Gasteiger partial charge in [-0.3, -0.25) is 4.79 Å². The van der Waals surface area contributed by atoms with Gasteiger partial charge in [0.1, 0.15) is 18.8 Å². The zero-order valence-electron chi connectivity index (χ0n) is 15.9. The molecule has 0 fully saturated rings. The molecular formula is C16H30N2O8. The van der Waals surface area contributed by atoms with Gasteiger partial charge in [-0.05, 0) is 20.8 Å². The summed E-state index contributed by atoms with van der Waals surface area (Å²) >= 11 is 0. The quantitative estimate of drug-likeness (QED) is 0.433. The molecule has 0 aromatic heterocycles. The summed E-state index contributed by atoms with van der Waals surface area (Å²) in [6.45, 7) is 6.65. The van der Waals surface area contributed by atoms with Crippen LogP contribution in [0.15, 0.2) is 0 Å². The van der Waals surface area contributed by atoms with Crippen LogP contribution in [-0.4, -0.2) is 93.4 Å². The number of nitrogens with zero attached hydrogens (tertiary/aromatic N) is 1. The summed E-state index contributed by atoms with van der Waals surface area (Å²) in [7, 11) is 1.64. The molecule has 10 heteroatoms. The number of carbonyl (C=O) groups excluding carboxylic acids is 2. The highest BCUT2D eigenvalue weighted by Crippen LogP contribution is 2.08. The van der Waals surface area contributed by atoms with Crippen LogP contribution in [0.5, 0.6) is 0 Å². The molecule has 0 heterocycles. The number of carboxylic acids is 1. The summed E-state index contributed by atoms with van der Waals surface area (Å²) in [4.78, 5) is 34.6. The van der Waals surface area contributed by atoms with Gasteiger partial charge >= 0.3 is 12.1 Å². The first-order chi connectivity index (χ1) is 12.1. The Balaban J connectivity index is 3.47. The van der Waals surface area contributed by atoms with Crippen molar-refractivity contribution >= 4 is 18.0 Å². The van der Waals surface area contributed by atoms with E-state index in [9.17, 15) is 14.4 Å². The van der Waals surface area contributed by atoms with Gasteiger partial charge in [-0.1, -0.05) is 0 Å². The number of hydrogen-bond donors (Lipinski definition) is 2. The van der Waals surface area contributed by atoms with Crippen LogP contribution >= 0.6 is 0 Å². The average molecular weight is 378 g/mol. The van der Waals surface area contributed by atoms with Crippen LogP contribution in [0.1, 0.15) is 20.8 Å². The predicted octanol–water partition coefficient (Wildman–Crippen LogP) is 0.104. The second kappa shape index (κ2) is 13.3. The third-order valence-electron chi connectivity index (χ3n) is 2.68. The Labute approximate surface area is 153 Å². The van der Waals surface area contributed by atoms with Gasteiger partial charge in [0.2, 0.25) is 5.91 Å². The molecule has 10 nitrogen and oxygen atoms in total. The lowest BCUT2D eigenvalue weighted by atomic mass is 10.2. The molecule has 0 spiro atoms. The smallest absolute Gasteiger partial charge is 0.410 e. The highest BCUT2D eigenvalue weighted by molar-refractivity contribution is 5.77. The Bertz CT molecular complexity index is 436. The van der Waals surface area contributed by atoms with E-state index >= 15 is 0 Å². The van der Waals surface area contributed by atoms with E-state index in [0.29, 0.717) is 33.0 Å². The Kier molecular flexibility index (Phi) is 12.3. The van der Waals surface area contributed by atoms with Crippen LogP contribution in [0, 0.1) is 0 Å². The zero-order chi connectivity index (χ0) is 20.0. The standard InChI is InChI=1S/C16H30N2O8/c1-16(2,3)26-15(22)18(4)6-8-24-10-9-23-7-5-17-13(19)11-25-12-14(20)21/h5-12H2,1-4H3,(H,17,19)(H,20,21). The summed E-state index contributed by atoms with van der Waals surface area (Å²) in [6.07, 6.45) is -0.402. The second-order valence-electron chi connectivity index (χ2n) is 6.36. The maximum atomic E-state index is 11.7. The molecule has 0 atom stereocenters. The van der Waals surface area contributed by atoms with E-state index in [4.69, 9.17) is 19.3 Å². The summed E-state index contributed by atoms with van der Waals surface area (Å²) in [5.74, 6) is -1.53. The van der Waals surface area contributed by atoms with Crippen molar-refractivity contribution in [3.8, 4) is 0 Å². The van der Waals surface area contributed by atoms with Gasteiger partial charge < -0.3 is 34.3 Å². The van der Waals surface area contributed by atoms with Crippen molar-refractivity contribution in [1.29, 1.82) is 0 Å². The Hall–Kier alpha value is -1.91. The van der Waals surface area contributed by atoms with E-state index < -0.39 is 30.2 Å². The first kappa shape index (κ1) is 24.1. The minimum Gasteiger partial charge on any atom is -0.480 e. The van der Waals surface area contributed by atoms with Gasteiger partial charge in [0, 0.05) is 20.1 Å². The van der Waals surface area contributed by atoms with Crippen molar-refractivity contribution in [2.45, 2.75) is 26.4 Å². The number of amides is 2. The highest BCUT2D eigenvalue weighted by Gasteiger charge is 2.19. The molecule has 0 bridgehead atoms. The van der Waals surface area contributed by atoms with Gasteiger partial charge in [0.25, 0.3) is 0 Å². The minimum absolute atomic E-state index is 0.288. The molecule has 2 amide bonds. The van der Waals surface area contributed by atoms with Crippen LogP contribution in [0.4, 0.5) is 4.79 Å². The Morgan fingerprint density at radius 1 is 0.962 bits per heavy atom. The summed E-state index contributed by atoms with van der Waals surface area (Å²) in [5.41, 5.74) is -0.530. The lowest BCUT2D eigenvalue weighted by Gasteiger charge is -2.24. The molecule has 0 aromatic rings. The predicted molar refractivity (Wildman–Crippen MR) is 92.0 cm³/mol. The van der Waals surface area contributed by atoms with Crippen molar-refractivity contribution in [1.82, 2.24) is 10.2 Å². The molecule has 152 valence electrons. The van der Waals surface area contributed by atoms with Crippen molar-refractivity contribution in [2.24, 2.45) is 0 Å². The molecular weight excluding hydrogens is 348 g/mol. The zero-order valence-corrected chi connectivity index (χ0v) is 15.9. The fraction of sp³-hybridized carbons (Fsp3) is 0.812. The molecule has 0 saturated carbocycles. The van der Waals surface area contributed by atoms with Gasteiger partial charge in [0.15, 0.2) is 0 Å². The fourth-order valence-corrected chi connectivity index (χ4v) is 1.50. The molecule has 0 aliphatic heterocycles. The van der Waals surface area contributed by atoms with Crippen molar-refractivity contribution in [2.75, 3.05) is 59.8 Å². The topological polar surface area (TPSA) is 124 Å². The molecule has 0 radical (unpaired) electrons. The van der Waals surface area contributed by atoms with E-state index in [1.807, 2.05) is 0 Å². The molecule has 0 aliphatic rings. The van der Waals surface area contributed by atoms with E-state index in [-0.39, 0.29) is 13.2 Å². The van der Waals surface area contributed by atoms with Crippen molar-refractivity contribution in [3.05, 3.63) is 0 Å². The third kappa shape index (κ3) is 15.6. The number of nitrogens with one attached hydrogen (secondary N) is 1. The molecule has 0 rings (SSSR count). The summed E-state index contributed by atoms with van der Waals surface area (Å²) < 4.78 is 20.5. The first-order valence-corrected chi connectivity index (χ1v) is 8.27. The third-order valence-corrected chi connectivity index (χ3v) is 2.68. The van der Waals surface area contributed by atoms with E-state index in [2.05, 4.69) is 10.1 Å². The van der Waals surface area contributed by atoms with E-state index in [0.717, 1.165) is 0 Å². The lowest BCUT2D eigenvalue weighted by Crippen LogP contribution is -2.36. The molecule has 26 heavy (non-hydrogen) atoms. The number of aliphatic carboxylic acids is 1. The minimum atomic E-state index is -1.13. The van der Waals surface area contributed by atoms with Crippen molar-refractivity contribution < 1.29 is 38.4 Å². The molecule has 0 aliphatic carbocycles. The van der Waals surface area contributed by atoms with E-state index in [1.54, 1.807) is 27.8 Å². The number of carboxylic acid groups (broad SMARTS) is 1. The summed E-state index contributed by atoms with van der Waals surface area (Å²) in [6, 6.07) is 0. The van der Waals surface area contributed by atoms with Crippen LogP contribution in [0.2, 0.25) is 0 Å². The SMILES string of the molecule is CN(CCOCCOCCNC(=O)COCC(=O)O)C(=O)OC(C)(C)C. The van der Waals surface area contributed by atoms with E-state index in [1.165, 1.54) is 4.90 Å². The molecule has 2 N–H and O–H groups in total. The number of likely N-dealkylation sites (N-methyl/N-ethyl adjacent to an activating group) is 1. The van der Waals surface area contributed by atoms with Crippen LogP contribution in [0.3, 0.4) is 0 Å². The maximum Gasteiger partial charge on any atom is 0.410 e. The molecule has 0 unspecified atom stereocenters. The Morgan fingerprint density at radius 3 is 2.15 bits per heavy atom. The monoisotopic (exact) mass is 378 g/mol. The van der Waals surface area contributed by atoms with Crippen LogP contribution in [0.25, 0.3) is 0 Å². The van der Waals surface area contributed by atoms with Crippen LogP contribution in [-0.2, 0) is 28.5 Å². The maximum absolute atomic E-state index is 11.7. The average Bonchev–Trinajstić information content (AvgIpc) is 2.51. The second-order valence-corrected chi connectivity index (χ2v) is 6.36. The van der Waals surface area contributed by atoms with Gasteiger partial charge in [-0.25, -0.2) is 9.59 Å². The molecule has 0 saturated heterocycles. The van der Waals surface area contributed by atoms with Crippen LogP contribution < -0.4 is 5.32 Å². The Morgan fingerprint density at radius 2 is 1.58 bits per heavy atom. The largest absolute Gasteiger partial charge is 0.480 e. The number of rotatable bonds is 13. The first-order valence-electron chi connectivity index (χ1n) is 8.27. The van der Waals surface area contributed by atoms with Crippen molar-refractivity contribution in [3.63, 3.8) is 0 Å². The van der Waals surface area contributed by atoms with Gasteiger partial charge in [-0.15, -0.1) is 0 Å². The summed E-state index contributed by atoms with van der Waals surface area (Å²) in [5, 5.41) is 10.9. The normalized spacial score (nSPS) is 11.1. The van der Waals surface area contributed by atoms with Gasteiger partial charge in [-0.2, -0.15) is 0 Å².